The molecule has 0 bridgehead atoms. The average Bonchev–Trinajstić information content (AvgIpc) is 2.86. The predicted molar refractivity (Wildman–Crippen MR) is 59.0 cm³/mol. The van der Waals surface area contributed by atoms with Gasteiger partial charge in [-0.05, 0) is 19.1 Å². The van der Waals surface area contributed by atoms with Gasteiger partial charge in [0.1, 0.15) is 11.4 Å². The summed E-state index contributed by atoms with van der Waals surface area (Å²) in [7, 11) is -3.70. The normalized spacial score (nSPS) is 25.3. The van der Waals surface area contributed by atoms with Crippen molar-refractivity contribution in [3.8, 4) is 0 Å². The van der Waals surface area contributed by atoms with Gasteiger partial charge < -0.3 is 14.3 Å². The lowest BCUT2D eigenvalue weighted by Crippen LogP contribution is -2.43. The van der Waals surface area contributed by atoms with Crippen molar-refractivity contribution >= 4 is 10.0 Å². The molecule has 1 aliphatic rings. The molecule has 1 fully saturated rings. The highest BCUT2D eigenvalue weighted by atomic mass is 32.2. The second-order valence-electron chi connectivity index (χ2n) is 4.22. The number of aryl methyl sites for hydroxylation is 1. The van der Waals surface area contributed by atoms with Crippen molar-refractivity contribution in [1.82, 2.24) is 4.72 Å². The van der Waals surface area contributed by atoms with Crippen LogP contribution in [0.3, 0.4) is 0 Å². The van der Waals surface area contributed by atoms with E-state index < -0.39 is 15.6 Å². The van der Waals surface area contributed by atoms with E-state index in [9.17, 15) is 13.5 Å². The Kier molecular flexibility index (Phi) is 3.26. The van der Waals surface area contributed by atoms with Crippen molar-refractivity contribution in [2.24, 2.45) is 0 Å². The molecule has 1 aromatic rings. The van der Waals surface area contributed by atoms with Crippen LogP contribution in [-0.4, -0.2) is 38.9 Å². The van der Waals surface area contributed by atoms with Gasteiger partial charge in [0, 0.05) is 19.6 Å². The van der Waals surface area contributed by atoms with Gasteiger partial charge in [-0.1, -0.05) is 0 Å². The van der Waals surface area contributed by atoms with Crippen LogP contribution in [0.5, 0.6) is 0 Å². The lowest BCUT2D eigenvalue weighted by Gasteiger charge is -2.19. The Morgan fingerprint density at radius 3 is 2.82 bits per heavy atom. The molecule has 1 aromatic heterocycles. The summed E-state index contributed by atoms with van der Waals surface area (Å²) in [5.41, 5.74) is -1.12. The fraction of sp³-hybridized carbons (Fsp3) is 0.600. The quantitative estimate of drug-likeness (QED) is 0.797. The number of ether oxygens (including phenoxy) is 1. The Bertz CT molecular complexity index is 487. The summed E-state index contributed by atoms with van der Waals surface area (Å²) in [6, 6.07) is 2.95. The number of nitrogens with one attached hydrogen (secondary N) is 1. The van der Waals surface area contributed by atoms with E-state index in [0.717, 1.165) is 0 Å². The topological polar surface area (TPSA) is 88.8 Å². The lowest BCUT2D eigenvalue weighted by atomic mass is 10.1. The molecule has 2 N–H and O–H groups in total. The van der Waals surface area contributed by atoms with E-state index >= 15 is 0 Å². The lowest BCUT2D eigenvalue weighted by molar-refractivity contribution is 0.0314. The summed E-state index contributed by atoms with van der Waals surface area (Å²) < 4.78 is 36.0. The molecular weight excluding hydrogens is 246 g/mol. The molecule has 6 nitrogen and oxygen atoms in total. The van der Waals surface area contributed by atoms with Gasteiger partial charge in [-0.15, -0.1) is 0 Å². The Morgan fingerprint density at radius 1 is 1.53 bits per heavy atom. The van der Waals surface area contributed by atoms with Gasteiger partial charge in [-0.2, -0.15) is 0 Å². The molecule has 0 aliphatic carbocycles. The molecule has 1 atom stereocenters. The van der Waals surface area contributed by atoms with E-state index in [1.165, 1.54) is 6.07 Å². The van der Waals surface area contributed by atoms with Crippen LogP contribution in [0, 0.1) is 6.92 Å². The van der Waals surface area contributed by atoms with E-state index in [2.05, 4.69) is 4.72 Å². The molecular formula is C10H15NO5S. The first-order valence-electron chi connectivity index (χ1n) is 5.28. The van der Waals surface area contributed by atoms with Crippen LogP contribution in [-0.2, 0) is 14.8 Å². The van der Waals surface area contributed by atoms with Gasteiger partial charge in [0.15, 0.2) is 0 Å². The summed E-state index contributed by atoms with van der Waals surface area (Å²) in [6.45, 7) is 2.18. The van der Waals surface area contributed by atoms with Crippen LogP contribution < -0.4 is 4.72 Å². The Balaban J connectivity index is 2.03. The van der Waals surface area contributed by atoms with E-state index in [0.29, 0.717) is 18.8 Å². The molecule has 1 unspecified atom stereocenters. The van der Waals surface area contributed by atoms with Crippen LogP contribution in [0.25, 0.3) is 0 Å². The Hall–Kier alpha value is -0.890. The van der Waals surface area contributed by atoms with Gasteiger partial charge in [0.05, 0.1) is 6.61 Å². The van der Waals surface area contributed by atoms with Gasteiger partial charge in [-0.25, -0.2) is 13.1 Å². The zero-order chi connectivity index (χ0) is 12.5. The van der Waals surface area contributed by atoms with Crippen molar-refractivity contribution in [1.29, 1.82) is 0 Å². The van der Waals surface area contributed by atoms with Gasteiger partial charge in [0.2, 0.25) is 5.09 Å². The number of furan rings is 1. The minimum Gasteiger partial charge on any atom is -0.449 e. The van der Waals surface area contributed by atoms with Crippen molar-refractivity contribution in [2.45, 2.75) is 24.0 Å². The molecule has 7 heteroatoms. The minimum absolute atomic E-state index is 0.0743. The highest BCUT2D eigenvalue weighted by Gasteiger charge is 2.34. The summed E-state index contributed by atoms with van der Waals surface area (Å²) in [5.74, 6) is 0.522. The SMILES string of the molecule is Cc1ccc(S(=O)(=O)NCC2(O)CCOC2)o1. The molecule has 0 radical (unpaired) electrons. The number of rotatable bonds is 4. The predicted octanol–water partition coefficient (Wildman–Crippen LogP) is 0.0177. The molecule has 0 saturated carbocycles. The van der Waals surface area contributed by atoms with Crippen molar-refractivity contribution in [2.75, 3.05) is 19.8 Å². The number of hydrogen-bond donors (Lipinski definition) is 2. The highest BCUT2D eigenvalue weighted by Crippen LogP contribution is 2.19. The van der Waals surface area contributed by atoms with E-state index in [4.69, 9.17) is 9.15 Å². The van der Waals surface area contributed by atoms with Gasteiger partial charge in [-0.3, -0.25) is 0 Å². The Morgan fingerprint density at radius 2 is 2.29 bits per heavy atom. The fourth-order valence-corrected chi connectivity index (χ4v) is 2.68. The molecule has 2 heterocycles. The molecule has 0 aromatic carbocycles. The second kappa shape index (κ2) is 4.41. The monoisotopic (exact) mass is 261 g/mol. The highest BCUT2D eigenvalue weighted by molar-refractivity contribution is 7.89. The van der Waals surface area contributed by atoms with Crippen LogP contribution >= 0.6 is 0 Å². The van der Waals surface area contributed by atoms with Crippen molar-refractivity contribution < 1.29 is 22.7 Å². The molecule has 2 rings (SSSR count). The fourth-order valence-electron chi connectivity index (χ4n) is 1.59. The second-order valence-corrected chi connectivity index (χ2v) is 5.91. The van der Waals surface area contributed by atoms with Crippen molar-refractivity contribution in [3.63, 3.8) is 0 Å². The third kappa shape index (κ3) is 2.86. The largest absolute Gasteiger partial charge is 0.449 e. The summed E-state index contributed by atoms with van der Waals surface area (Å²) >= 11 is 0. The van der Waals surface area contributed by atoms with E-state index in [-0.39, 0.29) is 18.2 Å². The molecule has 0 amide bonds. The summed E-state index contributed by atoms with van der Waals surface area (Å²) in [6.07, 6.45) is 0.423. The number of aliphatic hydroxyl groups is 1. The first kappa shape index (κ1) is 12.6. The number of sulfonamides is 1. The van der Waals surface area contributed by atoms with Crippen LogP contribution in [0.1, 0.15) is 12.2 Å². The molecule has 0 spiro atoms. The standard InChI is InChI=1S/C10H15NO5S/c1-8-2-3-9(16-8)17(13,14)11-6-10(12)4-5-15-7-10/h2-3,11-12H,4-7H2,1H3. The zero-order valence-electron chi connectivity index (χ0n) is 9.47. The number of hydrogen-bond acceptors (Lipinski definition) is 5. The first-order valence-corrected chi connectivity index (χ1v) is 6.76. The zero-order valence-corrected chi connectivity index (χ0v) is 10.3. The maximum atomic E-state index is 11.8. The molecule has 1 aliphatic heterocycles. The average molecular weight is 261 g/mol. The summed E-state index contributed by atoms with van der Waals surface area (Å²) in [5, 5.41) is 9.78. The van der Waals surface area contributed by atoms with Crippen molar-refractivity contribution in [3.05, 3.63) is 17.9 Å². The van der Waals surface area contributed by atoms with Gasteiger partial charge >= 0.3 is 0 Å². The van der Waals surface area contributed by atoms with Crippen LogP contribution in [0.15, 0.2) is 21.6 Å². The molecule has 1 saturated heterocycles. The van der Waals surface area contributed by atoms with E-state index in [1.807, 2.05) is 0 Å². The van der Waals surface area contributed by atoms with Crippen LogP contribution in [0.2, 0.25) is 0 Å². The minimum atomic E-state index is -3.70. The molecule has 96 valence electrons. The maximum absolute atomic E-state index is 11.8. The van der Waals surface area contributed by atoms with Crippen LogP contribution in [0.4, 0.5) is 0 Å². The van der Waals surface area contributed by atoms with E-state index in [1.54, 1.807) is 13.0 Å². The first-order chi connectivity index (χ1) is 7.91. The smallest absolute Gasteiger partial charge is 0.274 e. The summed E-state index contributed by atoms with van der Waals surface area (Å²) in [4.78, 5) is 0. The maximum Gasteiger partial charge on any atom is 0.274 e. The molecule has 17 heavy (non-hydrogen) atoms. The third-order valence-corrected chi connectivity index (χ3v) is 3.93. The van der Waals surface area contributed by atoms with Gasteiger partial charge in [0.25, 0.3) is 10.0 Å². The Labute approximate surface area is 99.6 Å². The third-order valence-electron chi connectivity index (χ3n) is 2.65.